The first-order chi connectivity index (χ1) is 12.7. The third kappa shape index (κ3) is 5.65. The predicted molar refractivity (Wildman–Crippen MR) is 80.8 cm³/mol. The molecule has 156 valence electrons. The van der Waals surface area contributed by atoms with Gasteiger partial charge in [0.1, 0.15) is 0 Å². The Bertz CT molecular complexity index is 714. The molecule has 0 radical (unpaired) electrons. The topological polar surface area (TPSA) is 20.3 Å². The molecule has 1 aromatic rings. The van der Waals surface area contributed by atoms with Crippen molar-refractivity contribution < 1.29 is 44.3 Å². The zero-order chi connectivity index (χ0) is 21.3. The van der Waals surface area contributed by atoms with E-state index in [0.717, 1.165) is 11.0 Å². The average Bonchev–Trinajstić information content (AvgIpc) is 2.57. The van der Waals surface area contributed by atoms with Crippen LogP contribution in [0.2, 0.25) is 0 Å². The Morgan fingerprint density at radius 1 is 0.929 bits per heavy atom. The fourth-order valence-electron chi connectivity index (χ4n) is 2.79. The molecular formula is C17H14F9NO. The molecule has 2 nitrogen and oxygen atoms in total. The maximum Gasteiger partial charge on any atom is 0.416 e. The summed E-state index contributed by atoms with van der Waals surface area (Å²) in [7, 11) is 0. The van der Waals surface area contributed by atoms with Crippen LogP contribution in [0.4, 0.5) is 39.5 Å². The normalized spacial score (nSPS) is 19.3. The fraction of sp³-hybridized carbons (Fsp3) is 0.471. The number of alkyl halides is 9. The lowest BCUT2D eigenvalue weighted by Gasteiger charge is -2.33. The number of hydrogen-bond acceptors (Lipinski definition) is 1. The second kappa shape index (κ2) is 7.67. The van der Waals surface area contributed by atoms with E-state index in [0.29, 0.717) is 18.2 Å². The monoisotopic (exact) mass is 419 g/mol. The highest BCUT2D eigenvalue weighted by atomic mass is 19.4. The molecule has 2 rings (SSSR count). The summed E-state index contributed by atoms with van der Waals surface area (Å²) in [4.78, 5) is 12.9. The molecule has 1 amide bonds. The van der Waals surface area contributed by atoms with Crippen LogP contribution in [0.25, 0.3) is 6.08 Å². The average molecular weight is 419 g/mol. The summed E-state index contributed by atoms with van der Waals surface area (Å²) in [6, 6.07) is 0.791. The Morgan fingerprint density at radius 2 is 1.46 bits per heavy atom. The van der Waals surface area contributed by atoms with E-state index in [1.807, 2.05) is 0 Å². The second-order valence-corrected chi connectivity index (χ2v) is 6.34. The summed E-state index contributed by atoms with van der Waals surface area (Å²) < 4.78 is 115. The fourth-order valence-corrected chi connectivity index (χ4v) is 2.79. The van der Waals surface area contributed by atoms with Crippen molar-refractivity contribution in [3.05, 3.63) is 41.0 Å². The maximum absolute atomic E-state index is 12.8. The summed E-state index contributed by atoms with van der Waals surface area (Å²) >= 11 is 0. The van der Waals surface area contributed by atoms with Gasteiger partial charge >= 0.3 is 18.5 Å². The maximum atomic E-state index is 12.8. The largest absolute Gasteiger partial charge is 0.416 e. The van der Waals surface area contributed by atoms with Crippen LogP contribution in [0.3, 0.4) is 0 Å². The van der Waals surface area contributed by atoms with Gasteiger partial charge in [0.25, 0.3) is 0 Å². The molecule has 1 saturated heterocycles. The molecule has 0 N–H and O–H groups in total. The van der Waals surface area contributed by atoms with Gasteiger partial charge < -0.3 is 4.90 Å². The van der Waals surface area contributed by atoms with Crippen molar-refractivity contribution in [1.29, 1.82) is 0 Å². The lowest BCUT2D eigenvalue weighted by Crippen LogP contribution is -2.44. The molecule has 11 heteroatoms. The van der Waals surface area contributed by atoms with E-state index < -0.39 is 53.6 Å². The van der Waals surface area contributed by atoms with Gasteiger partial charge in [-0.1, -0.05) is 0 Å². The molecule has 1 heterocycles. The Morgan fingerprint density at radius 3 is 1.93 bits per heavy atom. The highest BCUT2D eigenvalue weighted by Crippen LogP contribution is 2.37. The molecule has 0 aliphatic carbocycles. The van der Waals surface area contributed by atoms with E-state index in [1.54, 1.807) is 0 Å². The van der Waals surface area contributed by atoms with Crippen molar-refractivity contribution >= 4 is 12.0 Å². The van der Waals surface area contributed by atoms with Gasteiger partial charge in [-0.25, -0.2) is 0 Å². The number of carbonyl (C=O) groups is 1. The van der Waals surface area contributed by atoms with E-state index in [9.17, 15) is 44.3 Å². The third-order valence-corrected chi connectivity index (χ3v) is 4.22. The number of rotatable bonds is 2. The summed E-state index contributed by atoms with van der Waals surface area (Å²) in [5.41, 5.74) is -3.64. The van der Waals surface area contributed by atoms with Crippen molar-refractivity contribution in [2.45, 2.75) is 31.4 Å². The molecule has 1 fully saturated rings. The number of amides is 1. The minimum absolute atomic E-state index is 0.0200. The van der Waals surface area contributed by atoms with Crippen LogP contribution < -0.4 is 0 Å². The number of benzene rings is 1. The minimum Gasteiger partial charge on any atom is -0.339 e. The number of carbonyl (C=O) groups excluding carboxylic acids is 1. The van der Waals surface area contributed by atoms with Gasteiger partial charge in [0.05, 0.1) is 17.0 Å². The van der Waals surface area contributed by atoms with Crippen molar-refractivity contribution in [3.8, 4) is 0 Å². The quantitative estimate of drug-likeness (QED) is 0.456. The summed E-state index contributed by atoms with van der Waals surface area (Å²) in [6.45, 7) is -0.588. The predicted octanol–water partition coefficient (Wildman–Crippen LogP) is 5.54. The third-order valence-electron chi connectivity index (χ3n) is 4.22. The summed E-state index contributed by atoms with van der Waals surface area (Å²) in [5, 5.41) is 0. The molecule has 1 unspecified atom stereocenters. The smallest absolute Gasteiger partial charge is 0.339 e. The highest BCUT2D eigenvalue weighted by molar-refractivity contribution is 5.91. The van der Waals surface area contributed by atoms with Crippen molar-refractivity contribution in [2.75, 3.05) is 13.1 Å². The Kier molecular flexibility index (Phi) is 6.05. The van der Waals surface area contributed by atoms with E-state index >= 15 is 0 Å². The van der Waals surface area contributed by atoms with Gasteiger partial charge in [-0.2, -0.15) is 39.5 Å². The van der Waals surface area contributed by atoms with Crippen LogP contribution in [0.5, 0.6) is 0 Å². The number of piperidine rings is 1. The summed E-state index contributed by atoms with van der Waals surface area (Å²) in [6.07, 6.45) is -13.2. The summed E-state index contributed by atoms with van der Waals surface area (Å²) in [5.74, 6) is -2.64. The SMILES string of the molecule is O=C(C=Cc1cc(C(F)(F)F)cc(C(F)(F)F)c1)N1CCCC(C(F)(F)F)C1. The molecular weight excluding hydrogens is 405 g/mol. The number of hydrogen-bond donors (Lipinski definition) is 0. The van der Waals surface area contributed by atoms with Gasteiger partial charge in [-0.05, 0) is 42.7 Å². The Balaban J connectivity index is 2.24. The number of likely N-dealkylation sites (tertiary alicyclic amines) is 1. The molecule has 0 bridgehead atoms. The first-order valence-corrected chi connectivity index (χ1v) is 8.01. The van der Waals surface area contributed by atoms with Crippen LogP contribution in [-0.4, -0.2) is 30.1 Å². The number of halogens is 9. The Labute approximate surface area is 153 Å². The standard InChI is InChI=1S/C17H14F9NO/c18-15(19,20)11-2-1-5-27(9-11)14(28)4-3-10-6-12(16(21,22)23)8-13(7-10)17(24,25)26/h3-4,6-8,11H,1-2,5,9H2. The molecule has 1 aliphatic rings. The van der Waals surface area contributed by atoms with Gasteiger partial charge in [0, 0.05) is 19.2 Å². The molecule has 0 aromatic heterocycles. The van der Waals surface area contributed by atoms with Crippen LogP contribution in [0.1, 0.15) is 29.5 Å². The van der Waals surface area contributed by atoms with E-state index in [1.165, 1.54) is 0 Å². The first-order valence-electron chi connectivity index (χ1n) is 8.01. The van der Waals surface area contributed by atoms with Gasteiger partial charge in [0.15, 0.2) is 0 Å². The molecule has 0 saturated carbocycles. The molecule has 1 atom stereocenters. The van der Waals surface area contributed by atoms with Gasteiger partial charge in [-0.15, -0.1) is 0 Å². The van der Waals surface area contributed by atoms with Crippen molar-refractivity contribution in [1.82, 2.24) is 4.90 Å². The van der Waals surface area contributed by atoms with Crippen LogP contribution >= 0.6 is 0 Å². The molecule has 1 aromatic carbocycles. The second-order valence-electron chi connectivity index (χ2n) is 6.34. The van der Waals surface area contributed by atoms with Crippen LogP contribution in [0.15, 0.2) is 24.3 Å². The van der Waals surface area contributed by atoms with Gasteiger partial charge in [-0.3, -0.25) is 4.79 Å². The van der Waals surface area contributed by atoms with Crippen molar-refractivity contribution in [2.24, 2.45) is 5.92 Å². The number of nitrogens with zero attached hydrogens (tertiary/aromatic N) is 1. The molecule has 28 heavy (non-hydrogen) atoms. The lowest BCUT2D eigenvalue weighted by atomic mass is 9.97. The molecule has 0 spiro atoms. The minimum atomic E-state index is -5.04. The lowest BCUT2D eigenvalue weighted by molar-refractivity contribution is -0.187. The van der Waals surface area contributed by atoms with Gasteiger partial charge in [0.2, 0.25) is 5.91 Å². The zero-order valence-electron chi connectivity index (χ0n) is 14.0. The highest BCUT2D eigenvalue weighted by Gasteiger charge is 2.42. The first kappa shape index (κ1) is 22.1. The van der Waals surface area contributed by atoms with E-state index in [4.69, 9.17) is 0 Å². The Hall–Kier alpha value is -2.20. The van der Waals surface area contributed by atoms with Crippen molar-refractivity contribution in [3.63, 3.8) is 0 Å². The molecule has 1 aliphatic heterocycles. The van der Waals surface area contributed by atoms with E-state index in [2.05, 4.69) is 0 Å². The zero-order valence-corrected chi connectivity index (χ0v) is 14.0. The van der Waals surface area contributed by atoms with E-state index in [-0.39, 0.29) is 25.5 Å². The van der Waals surface area contributed by atoms with Crippen LogP contribution in [0, 0.1) is 5.92 Å². The van der Waals surface area contributed by atoms with Crippen LogP contribution in [-0.2, 0) is 17.1 Å².